The Hall–Kier alpha value is -3.39. The van der Waals surface area contributed by atoms with Crippen LogP contribution in [0.5, 0.6) is 11.5 Å². The Labute approximate surface area is 172 Å². The molecule has 1 aromatic heterocycles. The Morgan fingerprint density at radius 3 is 2.55 bits per heavy atom. The van der Waals surface area contributed by atoms with E-state index in [9.17, 15) is 9.59 Å². The number of para-hydroxylation sites is 2. The molecule has 1 heterocycles. The number of benzene rings is 2. The predicted octanol–water partition coefficient (Wildman–Crippen LogP) is 4.10. The van der Waals surface area contributed by atoms with Crippen molar-refractivity contribution in [2.75, 3.05) is 24.4 Å². The molecule has 0 bridgehead atoms. The zero-order valence-corrected chi connectivity index (χ0v) is 17.1. The highest BCUT2D eigenvalue weighted by Crippen LogP contribution is 2.31. The Morgan fingerprint density at radius 2 is 1.86 bits per heavy atom. The topological polar surface area (TPSA) is 89.6 Å². The molecule has 8 heteroatoms. The minimum absolute atomic E-state index is 0.222. The molecular formula is C21H21N3O4S. The molecule has 7 nitrogen and oxygen atoms in total. The summed E-state index contributed by atoms with van der Waals surface area (Å²) in [4.78, 5) is 28.3. The molecule has 0 aliphatic carbocycles. The van der Waals surface area contributed by atoms with E-state index >= 15 is 0 Å². The van der Waals surface area contributed by atoms with E-state index in [2.05, 4.69) is 15.6 Å². The second-order valence-electron chi connectivity index (χ2n) is 6.18. The third-order valence-electron chi connectivity index (χ3n) is 3.94. The largest absolute Gasteiger partial charge is 0.495 e. The summed E-state index contributed by atoms with van der Waals surface area (Å²) in [6, 6.07) is 12.4. The fraction of sp³-hybridized carbons (Fsp3) is 0.190. The summed E-state index contributed by atoms with van der Waals surface area (Å²) in [7, 11) is 1.53. The minimum Gasteiger partial charge on any atom is -0.495 e. The molecule has 2 amide bonds. The van der Waals surface area contributed by atoms with Crippen molar-refractivity contribution in [3.05, 3.63) is 52.9 Å². The number of aromatic nitrogens is 1. The van der Waals surface area contributed by atoms with E-state index in [4.69, 9.17) is 9.47 Å². The molecule has 0 aliphatic rings. The standard InChI is InChI=1S/C21H21N3O4S/c1-13(25)22-17-10-15(18-12-29-14(2)23-18)8-9-20(17)28-11-21(26)24-16-6-4-5-7-19(16)27-3/h4-10,12H,11H2,1-3H3,(H,22,25)(H,24,26). The van der Waals surface area contributed by atoms with Gasteiger partial charge in [0.25, 0.3) is 5.91 Å². The number of carbonyl (C=O) groups excluding carboxylic acids is 2. The quantitative estimate of drug-likeness (QED) is 0.611. The van der Waals surface area contributed by atoms with Crippen LogP contribution in [-0.4, -0.2) is 30.5 Å². The first-order valence-corrected chi connectivity index (χ1v) is 9.74. The van der Waals surface area contributed by atoms with Gasteiger partial charge in [0, 0.05) is 17.9 Å². The summed E-state index contributed by atoms with van der Waals surface area (Å²) in [5.74, 6) is 0.371. The Balaban J connectivity index is 1.73. The first-order chi connectivity index (χ1) is 14.0. The molecule has 3 aromatic rings. The SMILES string of the molecule is COc1ccccc1NC(=O)COc1ccc(-c2csc(C)n2)cc1NC(C)=O. The highest BCUT2D eigenvalue weighted by atomic mass is 32.1. The number of aryl methyl sites for hydroxylation is 1. The lowest BCUT2D eigenvalue weighted by Gasteiger charge is -2.14. The number of nitrogens with one attached hydrogen (secondary N) is 2. The summed E-state index contributed by atoms with van der Waals surface area (Å²) in [5.41, 5.74) is 2.70. The molecule has 29 heavy (non-hydrogen) atoms. The molecule has 0 fully saturated rings. The van der Waals surface area contributed by atoms with Gasteiger partial charge in [0.1, 0.15) is 11.5 Å². The third kappa shape index (κ3) is 5.32. The van der Waals surface area contributed by atoms with Crippen molar-refractivity contribution in [2.24, 2.45) is 0 Å². The predicted molar refractivity (Wildman–Crippen MR) is 114 cm³/mol. The van der Waals surface area contributed by atoms with Gasteiger partial charge in [-0.1, -0.05) is 12.1 Å². The number of hydrogen-bond acceptors (Lipinski definition) is 6. The van der Waals surface area contributed by atoms with E-state index in [0.29, 0.717) is 22.9 Å². The first-order valence-electron chi connectivity index (χ1n) is 8.86. The van der Waals surface area contributed by atoms with E-state index < -0.39 is 0 Å². The molecule has 2 N–H and O–H groups in total. The van der Waals surface area contributed by atoms with Crippen LogP contribution in [0.1, 0.15) is 11.9 Å². The lowest BCUT2D eigenvalue weighted by molar-refractivity contribution is -0.118. The number of thiazole rings is 1. The van der Waals surface area contributed by atoms with Crippen LogP contribution < -0.4 is 20.1 Å². The maximum absolute atomic E-state index is 12.3. The summed E-state index contributed by atoms with van der Waals surface area (Å²) in [6.45, 7) is 3.12. The maximum atomic E-state index is 12.3. The molecule has 0 aliphatic heterocycles. The second kappa shape index (κ2) is 9.20. The fourth-order valence-electron chi connectivity index (χ4n) is 2.68. The van der Waals surface area contributed by atoms with Crippen LogP contribution >= 0.6 is 11.3 Å². The van der Waals surface area contributed by atoms with Gasteiger partial charge in [-0.05, 0) is 37.3 Å². The molecule has 0 spiro atoms. The van der Waals surface area contributed by atoms with Crippen LogP contribution in [0.3, 0.4) is 0 Å². The number of methoxy groups -OCH3 is 1. The van der Waals surface area contributed by atoms with Gasteiger partial charge in [-0.15, -0.1) is 11.3 Å². The van der Waals surface area contributed by atoms with E-state index in [1.807, 2.05) is 24.4 Å². The fourth-order valence-corrected chi connectivity index (χ4v) is 3.30. The number of hydrogen-bond donors (Lipinski definition) is 2. The molecular weight excluding hydrogens is 390 g/mol. The van der Waals surface area contributed by atoms with Crippen molar-refractivity contribution in [3.63, 3.8) is 0 Å². The van der Waals surface area contributed by atoms with Crippen molar-refractivity contribution >= 4 is 34.5 Å². The van der Waals surface area contributed by atoms with E-state index in [1.54, 1.807) is 41.7 Å². The minimum atomic E-state index is -0.345. The number of rotatable bonds is 7. The summed E-state index contributed by atoms with van der Waals surface area (Å²) in [5, 5.41) is 8.39. The third-order valence-corrected chi connectivity index (χ3v) is 4.72. The van der Waals surface area contributed by atoms with Gasteiger partial charge in [-0.3, -0.25) is 9.59 Å². The second-order valence-corrected chi connectivity index (χ2v) is 7.24. The summed E-state index contributed by atoms with van der Waals surface area (Å²) < 4.78 is 10.9. The monoisotopic (exact) mass is 411 g/mol. The number of amides is 2. The van der Waals surface area contributed by atoms with Gasteiger partial charge < -0.3 is 20.1 Å². The van der Waals surface area contributed by atoms with Gasteiger partial charge in [0.15, 0.2) is 6.61 Å². The van der Waals surface area contributed by atoms with Gasteiger partial charge >= 0.3 is 0 Å². The molecule has 0 atom stereocenters. The van der Waals surface area contributed by atoms with Crippen molar-refractivity contribution in [1.82, 2.24) is 4.98 Å². The number of ether oxygens (including phenoxy) is 2. The zero-order chi connectivity index (χ0) is 20.8. The van der Waals surface area contributed by atoms with Crippen LogP contribution in [0.25, 0.3) is 11.3 Å². The average molecular weight is 411 g/mol. The highest BCUT2D eigenvalue weighted by molar-refractivity contribution is 7.09. The Kier molecular flexibility index (Phi) is 6.46. The van der Waals surface area contributed by atoms with E-state index in [1.165, 1.54) is 14.0 Å². The van der Waals surface area contributed by atoms with Crippen LogP contribution in [0.2, 0.25) is 0 Å². The lowest BCUT2D eigenvalue weighted by Crippen LogP contribution is -2.21. The molecule has 0 unspecified atom stereocenters. The summed E-state index contributed by atoms with van der Waals surface area (Å²) in [6.07, 6.45) is 0. The van der Waals surface area contributed by atoms with Crippen LogP contribution in [0.15, 0.2) is 47.8 Å². The Morgan fingerprint density at radius 1 is 1.07 bits per heavy atom. The normalized spacial score (nSPS) is 10.3. The maximum Gasteiger partial charge on any atom is 0.262 e. The molecule has 150 valence electrons. The van der Waals surface area contributed by atoms with Gasteiger partial charge in [0.2, 0.25) is 5.91 Å². The first kappa shape index (κ1) is 20.3. The highest BCUT2D eigenvalue weighted by Gasteiger charge is 2.13. The molecule has 0 radical (unpaired) electrons. The van der Waals surface area contributed by atoms with Crippen molar-refractivity contribution in [1.29, 1.82) is 0 Å². The van der Waals surface area contributed by atoms with E-state index in [-0.39, 0.29) is 18.4 Å². The number of carbonyl (C=O) groups is 2. The lowest BCUT2D eigenvalue weighted by atomic mass is 10.1. The van der Waals surface area contributed by atoms with Gasteiger partial charge in [-0.25, -0.2) is 4.98 Å². The van der Waals surface area contributed by atoms with Crippen molar-refractivity contribution in [2.45, 2.75) is 13.8 Å². The molecule has 0 saturated carbocycles. The van der Waals surface area contributed by atoms with Gasteiger partial charge in [0.05, 0.1) is 29.2 Å². The number of nitrogens with zero attached hydrogens (tertiary/aromatic N) is 1. The molecule has 3 rings (SSSR count). The van der Waals surface area contributed by atoms with Crippen LogP contribution in [0, 0.1) is 6.92 Å². The van der Waals surface area contributed by atoms with Crippen LogP contribution in [0.4, 0.5) is 11.4 Å². The molecule has 0 saturated heterocycles. The zero-order valence-electron chi connectivity index (χ0n) is 16.3. The Bertz CT molecular complexity index is 1030. The number of anilines is 2. The van der Waals surface area contributed by atoms with Crippen molar-refractivity contribution in [3.8, 4) is 22.8 Å². The smallest absolute Gasteiger partial charge is 0.262 e. The summed E-state index contributed by atoms with van der Waals surface area (Å²) >= 11 is 1.55. The average Bonchev–Trinajstić information content (AvgIpc) is 3.13. The van der Waals surface area contributed by atoms with Crippen molar-refractivity contribution < 1.29 is 19.1 Å². The van der Waals surface area contributed by atoms with Crippen LogP contribution in [-0.2, 0) is 9.59 Å². The molecule has 2 aromatic carbocycles. The van der Waals surface area contributed by atoms with Gasteiger partial charge in [-0.2, -0.15) is 0 Å². The van der Waals surface area contributed by atoms with E-state index in [0.717, 1.165) is 16.3 Å².